The van der Waals surface area contributed by atoms with Gasteiger partial charge in [0.25, 0.3) is 5.69 Å². The van der Waals surface area contributed by atoms with Crippen LogP contribution in [0.1, 0.15) is 18.1 Å². The van der Waals surface area contributed by atoms with Gasteiger partial charge in [-0.2, -0.15) is 0 Å². The second-order valence-electron chi connectivity index (χ2n) is 5.64. The van der Waals surface area contributed by atoms with E-state index in [-0.39, 0.29) is 18.8 Å². The van der Waals surface area contributed by atoms with Crippen molar-refractivity contribution in [1.82, 2.24) is 5.32 Å². The van der Waals surface area contributed by atoms with Crippen molar-refractivity contribution in [3.8, 4) is 11.5 Å². The first kappa shape index (κ1) is 18.7. The topological polar surface area (TPSA) is 93.9 Å². The smallest absolute Gasteiger partial charge is 0.277 e. The third kappa shape index (κ3) is 5.44. The van der Waals surface area contributed by atoms with Crippen LogP contribution in [0.5, 0.6) is 11.5 Å². The Morgan fingerprint density at radius 2 is 1.96 bits per heavy atom. The highest BCUT2D eigenvalue weighted by atomic mass is 16.6. The van der Waals surface area contributed by atoms with Gasteiger partial charge in [-0.05, 0) is 18.6 Å². The normalized spacial score (nSPS) is 11.8. The lowest BCUT2D eigenvalue weighted by Crippen LogP contribution is -2.24. The summed E-state index contributed by atoms with van der Waals surface area (Å²) in [5, 5.41) is 23.6. The molecule has 1 atom stereocenters. The predicted molar refractivity (Wildman–Crippen MR) is 93.8 cm³/mol. The van der Waals surface area contributed by atoms with Crippen molar-refractivity contribution in [1.29, 1.82) is 0 Å². The molecular formula is C18H22N2O5. The third-order valence-electron chi connectivity index (χ3n) is 3.55. The van der Waals surface area contributed by atoms with Crippen molar-refractivity contribution in [3.63, 3.8) is 0 Å². The first-order valence-corrected chi connectivity index (χ1v) is 7.92. The number of nitro groups is 1. The van der Waals surface area contributed by atoms with Crippen LogP contribution in [0.25, 0.3) is 0 Å². The van der Waals surface area contributed by atoms with Gasteiger partial charge in [-0.15, -0.1) is 0 Å². The van der Waals surface area contributed by atoms with Crippen LogP contribution in [0, 0.1) is 10.1 Å². The zero-order valence-electron chi connectivity index (χ0n) is 14.3. The predicted octanol–water partition coefficient (Wildman–Crippen LogP) is 2.65. The van der Waals surface area contributed by atoms with E-state index in [0.29, 0.717) is 23.6 Å². The van der Waals surface area contributed by atoms with Crippen LogP contribution < -0.4 is 14.8 Å². The van der Waals surface area contributed by atoms with Crippen LogP contribution in [0.4, 0.5) is 5.69 Å². The average molecular weight is 346 g/mol. The molecule has 0 aromatic heterocycles. The second kappa shape index (κ2) is 9.00. The summed E-state index contributed by atoms with van der Waals surface area (Å²) in [4.78, 5) is 10.9. The molecule has 0 saturated carbocycles. The van der Waals surface area contributed by atoms with Crippen molar-refractivity contribution in [3.05, 3.63) is 63.7 Å². The Morgan fingerprint density at radius 1 is 1.24 bits per heavy atom. The zero-order valence-corrected chi connectivity index (χ0v) is 14.3. The van der Waals surface area contributed by atoms with E-state index >= 15 is 0 Å². The van der Waals surface area contributed by atoms with Gasteiger partial charge in [-0.3, -0.25) is 10.1 Å². The molecule has 0 heterocycles. The summed E-state index contributed by atoms with van der Waals surface area (Å²) in [6, 6.07) is 12.5. The van der Waals surface area contributed by atoms with Gasteiger partial charge in [-0.25, -0.2) is 0 Å². The van der Waals surface area contributed by atoms with Crippen LogP contribution in [-0.4, -0.2) is 29.8 Å². The van der Waals surface area contributed by atoms with Crippen molar-refractivity contribution < 1.29 is 19.5 Å². The minimum Gasteiger partial charge on any atom is -0.493 e. The van der Waals surface area contributed by atoms with Gasteiger partial charge in [0.15, 0.2) is 11.5 Å². The van der Waals surface area contributed by atoms with Crippen molar-refractivity contribution in [2.24, 2.45) is 0 Å². The van der Waals surface area contributed by atoms with Gasteiger partial charge >= 0.3 is 0 Å². The highest BCUT2D eigenvalue weighted by Gasteiger charge is 2.19. The monoisotopic (exact) mass is 346 g/mol. The molecule has 0 radical (unpaired) electrons. The molecule has 2 rings (SSSR count). The number of aliphatic hydroxyl groups excluding tert-OH is 1. The fourth-order valence-corrected chi connectivity index (χ4v) is 2.33. The first-order valence-electron chi connectivity index (χ1n) is 7.92. The number of nitrogens with zero attached hydrogens (tertiary/aromatic N) is 1. The van der Waals surface area contributed by atoms with E-state index in [1.807, 2.05) is 30.3 Å². The van der Waals surface area contributed by atoms with E-state index in [1.165, 1.54) is 13.2 Å². The number of aliphatic hydroxyl groups is 1. The van der Waals surface area contributed by atoms with Gasteiger partial charge in [0.05, 0.1) is 24.2 Å². The van der Waals surface area contributed by atoms with Crippen LogP contribution >= 0.6 is 0 Å². The maximum atomic E-state index is 11.4. The summed E-state index contributed by atoms with van der Waals surface area (Å²) in [5.41, 5.74) is 1.37. The lowest BCUT2D eigenvalue weighted by Gasteiger charge is -2.14. The quantitative estimate of drug-likeness (QED) is 0.535. The Labute approximate surface area is 146 Å². The lowest BCUT2D eigenvalue weighted by molar-refractivity contribution is -0.385. The molecule has 7 heteroatoms. The van der Waals surface area contributed by atoms with E-state index in [2.05, 4.69) is 5.32 Å². The first-order chi connectivity index (χ1) is 12.0. The standard InChI is InChI=1S/C18H22N2O5/c1-13(21)10-19-11-15-8-17(24-2)18(9-16(15)20(22)23)25-12-14-6-4-3-5-7-14/h3-9,13,19,21H,10-12H2,1-2H3. The maximum absolute atomic E-state index is 11.4. The van der Waals surface area contributed by atoms with E-state index in [4.69, 9.17) is 9.47 Å². The number of ether oxygens (including phenoxy) is 2. The fraction of sp³-hybridized carbons (Fsp3) is 0.333. The zero-order chi connectivity index (χ0) is 18.2. The maximum Gasteiger partial charge on any atom is 0.277 e. The number of hydrogen-bond acceptors (Lipinski definition) is 6. The Hall–Kier alpha value is -2.64. The second-order valence-corrected chi connectivity index (χ2v) is 5.64. The summed E-state index contributed by atoms with van der Waals surface area (Å²) in [6.45, 7) is 2.51. The molecule has 0 amide bonds. The lowest BCUT2D eigenvalue weighted by atomic mass is 10.1. The molecule has 0 aliphatic rings. The molecule has 2 N–H and O–H groups in total. The van der Waals surface area contributed by atoms with Crippen molar-refractivity contribution >= 4 is 5.69 Å². The molecule has 0 spiro atoms. The van der Waals surface area contributed by atoms with E-state index in [0.717, 1.165) is 5.56 Å². The minimum absolute atomic E-state index is 0.0537. The molecule has 1 unspecified atom stereocenters. The summed E-state index contributed by atoms with van der Waals surface area (Å²) in [5.74, 6) is 0.743. The molecule has 0 bridgehead atoms. The summed E-state index contributed by atoms with van der Waals surface area (Å²) in [7, 11) is 1.49. The van der Waals surface area contributed by atoms with Gasteiger partial charge in [0, 0.05) is 18.7 Å². The van der Waals surface area contributed by atoms with Crippen LogP contribution in [0.3, 0.4) is 0 Å². The molecule has 2 aromatic carbocycles. The molecule has 0 aliphatic carbocycles. The SMILES string of the molecule is COc1cc(CNCC(C)O)c([N+](=O)[O-])cc1OCc1ccccc1. The number of hydrogen-bond donors (Lipinski definition) is 2. The van der Waals surface area contributed by atoms with Gasteiger partial charge < -0.3 is 19.9 Å². The molecule has 25 heavy (non-hydrogen) atoms. The molecule has 0 saturated heterocycles. The summed E-state index contributed by atoms with van der Waals surface area (Å²) < 4.78 is 11.0. The Morgan fingerprint density at radius 3 is 2.56 bits per heavy atom. The molecule has 0 aliphatic heterocycles. The number of nitro benzene ring substituents is 1. The molecule has 2 aromatic rings. The highest BCUT2D eigenvalue weighted by Crippen LogP contribution is 2.35. The van der Waals surface area contributed by atoms with E-state index in [1.54, 1.807) is 13.0 Å². The molecule has 0 fully saturated rings. The van der Waals surface area contributed by atoms with Crippen LogP contribution in [0.15, 0.2) is 42.5 Å². The van der Waals surface area contributed by atoms with Gasteiger partial charge in [0.2, 0.25) is 0 Å². The fourth-order valence-electron chi connectivity index (χ4n) is 2.33. The number of nitrogens with one attached hydrogen (secondary N) is 1. The average Bonchev–Trinajstić information content (AvgIpc) is 2.60. The number of methoxy groups -OCH3 is 1. The van der Waals surface area contributed by atoms with Crippen LogP contribution in [-0.2, 0) is 13.2 Å². The van der Waals surface area contributed by atoms with Gasteiger partial charge in [0.1, 0.15) is 6.61 Å². The minimum atomic E-state index is -0.533. The summed E-state index contributed by atoms with van der Waals surface area (Å²) in [6.07, 6.45) is -0.533. The summed E-state index contributed by atoms with van der Waals surface area (Å²) >= 11 is 0. The number of benzene rings is 2. The number of rotatable bonds is 9. The van der Waals surface area contributed by atoms with Gasteiger partial charge in [-0.1, -0.05) is 30.3 Å². The highest BCUT2D eigenvalue weighted by molar-refractivity contribution is 5.54. The largest absolute Gasteiger partial charge is 0.493 e. The Bertz CT molecular complexity index is 704. The van der Waals surface area contributed by atoms with Crippen molar-refractivity contribution in [2.45, 2.75) is 26.2 Å². The van der Waals surface area contributed by atoms with Crippen LogP contribution in [0.2, 0.25) is 0 Å². The Balaban J connectivity index is 2.21. The Kier molecular flexibility index (Phi) is 6.73. The molecule has 134 valence electrons. The van der Waals surface area contributed by atoms with Crippen molar-refractivity contribution in [2.75, 3.05) is 13.7 Å². The van der Waals surface area contributed by atoms with E-state index in [9.17, 15) is 15.2 Å². The van der Waals surface area contributed by atoms with E-state index < -0.39 is 11.0 Å². The third-order valence-corrected chi connectivity index (χ3v) is 3.55. The molecular weight excluding hydrogens is 324 g/mol. The molecule has 7 nitrogen and oxygen atoms in total.